The fourth-order valence-corrected chi connectivity index (χ4v) is 1.40. The summed E-state index contributed by atoms with van der Waals surface area (Å²) in [5.74, 6) is 0.795. The van der Waals surface area contributed by atoms with Crippen molar-refractivity contribution in [3.05, 3.63) is 29.8 Å². The van der Waals surface area contributed by atoms with Crippen LogP contribution in [0.4, 0.5) is 0 Å². The van der Waals surface area contributed by atoms with E-state index < -0.39 is 7.14 Å². The molecule has 0 atom stereocenters. The maximum absolute atomic E-state index is 11.3. The largest absolute Gasteiger partial charge is 0.486 e. The first kappa shape index (κ1) is 10.3. The molecule has 0 aliphatic heterocycles. The van der Waals surface area contributed by atoms with Crippen LogP contribution in [0.5, 0.6) is 5.75 Å². The summed E-state index contributed by atoms with van der Waals surface area (Å²) < 4.78 is 16.7. The molecule has 0 amide bonds. The zero-order valence-corrected chi connectivity index (χ0v) is 9.17. The van der Waals surface area contributed by atoms with E-state index in [0.29, 0.717) is 6.35 Å². The first-order valence-electron chi connectivity index (χ1n) is 4.21. The summed E-state index contributed by atoms with van der Waals surface area (Å²) in [4.78, 5) is 0. The lowest BCUT2D eigenvalue weighted by Crippen LogP contribution is -1.96. The van der Waals surface area contributed by atoms with Gasteiger partial charge in [0.1, 0.15) is 19.2 Å². The van der Waals surface area contributed by atoms with Gasteiger partial charge in [-0.3, -0.25) is 0 Å². The van der Waals surface area contributed by atoms with Crippen LogP contribution in [-0.2, 0) is 4.57 Å². The van der Waals surface area contributed by atoms with E-state index in [4.69, 9.17) is 4.74 Å². The molecule has 1 aromatic carbocycles. The Balaban J connectivity index is 2.60. The Labute approximate surface area is 79.3 Å². The van der Waals surface area contributed by atoms with Gasteiger partial charge in [-0.15, -0.1) is 0 Å². The Kier molecular flexibility index (Phi) is 3.16. The van der Waals surface area contributed by atoms with Gasteiger partial charge < -0.3 is 9.30 Å². The average molecular weight is 198 g/mol. The van der Waals surface area contributed by atoms with Crippen molar-refractivity contribution >= 4 is 7.14 Å². The predicted octanol–water partition coefficient (Wildman–Crippen LogP) is 2.95. The second kappa shape index (κ2) is 3.97. The predicted molar refractivity (Wildman–Crippen MR) is 56.1 cm³/mol. The molecule has 1 rings (SSSR count). The van der Waals surface area contributed by atoms with E-state index in [1.54, 1.807) is 13.3 Å². The first-order valence-corrected chi connectivity index (χ1v) is 6.99. The van der Waals surface area contributed by atoms with Crippen LogP contribution in [0.1, 0.15) is 5.56 Å². The maximum Gasteiger partial charge on any atom is 0.140 e. The van der Waals surface area contributed by atoms with Gasteiger partial charge in [0.2, 0.25) is 0 Å². The van der Waals surface area contributed by atoms with Crippen molar-refractivity contribution in [2.24, 2.45) is 0 Å². The molecular formula is C10H15O2P. The molecule has 72 valence electrons. The fraction of sp³-hybridized carbons (Fsp3) is 0.400. The normalized spacial score (nSPS) is 11.3. The molecule has 0 radical (unpaired) electrons. The van der Waals surface area contributed by atoms with Gasteiger partial charge in [0.25, 0.3) is 0 Å². The fourth-order valence-electron chi connectivity index (χ4n) is 0.935. The van der Waals surface area contributed by atoms with Crippen LogP contribution in [0.25, 0.3) is 0 Å². The summed E-state index contributed by atoms with van der Waals surface area (Å²) in [6.45, 7) is 5.45. The molecule has 0 unspecified atom stereocenters. The van der Waals surface area contributed by atoms with E-state index in [2.05, 4.69) is 0 Å². The van der Waals surface area contributed by atoms with Crippen molar-refractivity contribution in [3.63, 3.8) is 0 Å². The number of benzene rings is 1. The van der Waals surface area contributed by atoms with Crippen molar-refractivity contribution < 1.29 is 9.30 Å². The smallest absolute Gasteiger partial charge is 0.140 e. The van der Waals surface area contributed by atoms with Gasteiger partial charge >= 0.3 is 0 Å². The molecule has 0 spiro atoms. The molecule has 3 heteroatoms. The summed E-state index contributed by atoms with van der Waals surface area (Å²) in [7, 11) is -2.07. The third-order valence-electron chi connectivity index (χ3n) is 1.53. The highest BCUT2D eigenvalue weighted by Gasteiger charge is 2.07. The van der Waals surface area contributed by atoms with E-state index in [9.17, 15) is 4.57 Å². The summed E-state index contributed by atoms with van der Waals surface area (Å²) in [6, 6.07) is 7.75. The van der Waals surface area contributed by atoms with Crippen molar-refractivity contribution in [1.82, 2.24) is 0 Å². The summed E-state index contributed by atoms with van der Waals surface area (Å²) in [5, 5.41) is 0. The van der Waals surface area contributed by atoms with Crippen LogP contribution in [0.3, 0.4) is 0 Å². The minimum Gasteiger partial charge on any atom is -0.486 e. The molecule has 0 aliphatic rings. The molecule has 0 heterocycles. The standard InChI is InChI=1S/C10H15O2P/c1-9-5-4-6-10(7-9)12-8-13(2,3)11/h4-7H,8H2,1-3H3. The maximum atomic E-state index is 11.3. The topological polar surface area (TPSA) is 26.3 Å². The van der Waals surface area contributed by atoms with E-state index in [1.165, 1.54) is 0 Å². The molecule has 0 aromatic heterocycles. The van der Waals surface area contributed by atoms with E-state index in [0.717, 1.165) is 11.3 Å². The zero-order valence-electron chi connectivity index (χ0n) is 8.28. The van der Waals surface area contributed by atoms with Crippen LogP contribution in [-0.4, -0.2) is 19.7 Å². The Morgan fingerprint density at radius 3 is 2.62 bits per heavy atom. The Morgan fingerprint density at radius 2 is 2.08 bits per heavy atom. The van der Waals surface area contributed by atoms with Gasteiger partial charge in [-0.05, 0) is 37.9 Å². The molecule has 0 saturated carbocycles. The van der Waals surface area contributed by atoms with Crippen molar-refractivity contribution in [2.75, 3.05) is 19.7 Å². The first-order chi connectivity index (χ1) is 5.97. The third-order valence-corrected chi connectivity index (χ3v) is 2.28. The van der Waals surface area contributed by atoms with Gasteiger partial charge in [-0.25, -0.2) is 0 Å². The zero-order chi connectivity index (χ0) is 9.90. The number of hydrogen-bond donors (Lipinski definition) is 0. The van der Waals surface area contributed by atoms with Crippen LogP contribution < -0.4 is 4.74 Å². The van der Waals surface area contributed by atoms with E-state index in [-0.39, 0.29) is 0 Å². The Bertz CT molecular complexity index is 327. The van der Waals surface area contributed by atoms with E-state index in [1.807, 2.05) is 31.2 Å². The second-order valence-electron chi connectivity index (χ2n) is 3.66. The lowest BCUT2D eigenvalue weighted by molar-refractivity contribution is 0.378. The Hall–Kier alpha value is -0.750. The molecule has 2 nitrogen and oxygen atoms in total. The summed E-state index contributed by atoms with van der Waals surface area (Å²) >= 11 is 0. The second-order valence-corrected chi connectivity index (χ2v) is 7.07. The minimum absolute atomic E-state index is 0.316. The monoisotopic (exact) mass is 198 g/mol. The SMILES string of the molecule is Cc1cccc(OCP(C)(C)=O)c1. The van der Waals surface area contributed by atoms with Gasteiger partial charge in [0, 0.05) is 0 Å². The quantitative estimate of drug-likeness (QED) is 0.698. The summed E-state index contributed by atoms with van der Waals surface area (Å²) in [5.41, 5.74) is 1.15. The summed E-state index contributed by atoms with van der Waals surface area (Å²) in [6.07, 6.45) is 0.316. The van der Waals surface area contributed by atoms with Gasteiger partial charge in [0.15, 0.2) is 0 Å². The molecule has 0 saturated heterocycles. The molecular weight excluding hydrogens is 183 g/mol. The van der Waals surface area contributed by atoms with Crippen LogP contribution in [0, 0.1) is 6.92 Å². The van der Waals surface area contributed by atoms with E-state index >= 15 is 0 Å². The molecule has 0 N–H and O–H groups in total. The third kappa shape index (κ3) is 4.14. The highest BCUT2D eigenvalue weighted by atomic mass is 31.2. The van der Waals surface area contributed by atoms with Crippen LogP contribution in [0.15, 0.2) is 24.3 Å². The van der Waals surface area contributed by atoms with Gasteiger partial charge in [-0.1, -0.05) is 12.1 Å². The molecule has 0 fully saturated rings. The minimum atomic E-state index is -2.07. The van der Waals surface area contributed by atoms with Gasteiger partial charge in [0.05, 0.1) is 0 Å². The number of rotatable bonds is 3. The van der Waals surface area contributed by atoms with Crippen LogP contribution in [0.2, 0.25) is 0 Å². The lowest BCUT2D eigenvalue weighted by atomic mass is 10.2. The lowest BCUT2D eigenvalue weighted by Gasteiger charge is -2.09. The molecule has 0 aliphatic carbocycles. The number of ether oxygens (including phenoxy) is 1. The average Bonchev–Trinajstić information content (AvgIpc) is 2.00. The highest BCUT2D eigenvalue weighted by molar-refractivity contribution is 7.62. The van der Waals surface area contributed by atoms with Crippen molar-refractivity contribution in [2.45, 2.75) is 6.92 Å². The molecule has 0 bridgehead atoms. The molecule has 13 heavy (non-hydrogen) atoms. The van der Waals surface area contributed by atoms with Crippen molar-refractivity contribution in [3.8, 4) is 5.75 Å². The Morgan fingerprint density at radius 1 is 1.38 bits per heavy atom. The molecule has 1 aromatic rings. The highest BCUT2D eigenvalue weighted by Crippen LogP contribution is 2.35. The number of aryl methyl sites for hydroxylation is 1. The van der Waals surface area contributed by atoms with Gasteiger partial charge in [-0.2, -0.15) is 0 Å². The number of hydrogen-bond acceptors (Lipinski definition) is 2. The van der Waals surface area contributed by atoms with Crippen LogP contribution >= 0.6 is 7.14 Å². The van der Waals surface area contributed by atoms with Crippen molar-refractivity contribution in [1.29, 1.82) is 0 Å².